The molecule has 25 heavy (non-hydrogen) atoms. The molecule has 0 atom stereocenters. The number of hydrogen-bond donors (Lipinski definition) is 1. The average molecular weight is 345 g/mol. The molecule has 2 aromatic carbocycles. The molecule has 7 nitrogen and oxygen atoms in total. The standard InChI is InChI=1S/C16H13NO6.C2H6/c1-21-15(18)11-5-6-14-13(8-11)17(16(19)22-14)9-10-3-2-4-12(7-10)23-20;1-2/h2-8,20H,9H2,1H3;1-2H3. The lowest BCUT2D eigenvalue weighted by Crippen LogP contribution is -2.15. The number of nitrogens with zero attached hydrogens (tertiary/aromatic N) is 1. The van der Waals surface area contributed by atoms with Gasteiger partial charge in [-0.3, -0.25) is 4.57 Å². The number of ether oxygens (including phenoxy) is 1. The van der Waals surface area contributed by atoms with Crippen molar-refractivity contribution in [2.75, 3.05) is 7.11 Å². The smallest absolute Gasteiger partial charge is 0.420 e. The Hall–Kier alpha value is -3.06. The highest BCUT2D eigenvalue weighted by atomic mass is 17.1. The third kappa shape index (κ3) is 3.89. The largest absolute Gasteiger partial charge is 0.465 e. The molecule has 1 aromatic heterocycles. The highest BCUT2D eigenvalue weighted by Gasteiger charge is 2.14. The third-order valence-corrected chi connectivity index (χ3v) is 3.43. The summed E-state index contributed by atoms with van der Waals surface area (Å²) in [5, 5.41) is 8.70. The minimum atomic E-state index is -0.544. The van der Waals surface area contributed by atoms with Crippen LogP contribution in [0, 0.1) is 0 Å². The zero-order valence-electron chi connectivity index (χ0n) is 14.2. The summed E-state index contributed by atoms with van der Waals surface area (Å²) in [5.74, 6) is -0.779. The molecule has 0 fully saturated rings. The Balaban J connectivity index is 0.00000109. The first-order valence-corrected chi connectivity index (χ1v) is 7.74. The van der Waals surface area contributed by atoms with E-state index in [1.807, 2.05) is 13.8 Å². The number of aromatic nitrogens is 1. The van der Waals surface area contributed by atoms with E-state index in [-0.39, 0.29) is 12.3 Å². The lowest BCUT2D eigenvalue weighted by Gasteiger charge is -2.05. The Kier molecular flexibility index (Phi) is 5.97. The van der Waals surface area contributed by atoms with E-state index in [9.17, 15) is 9.59 Å². The summed E-state index contributed by atoms with van der Waals surface area (Å²) < 4.78 is 11.2. The number of benzene rings is 2. The van der Waals surface area contributed by atoms with Crippen LogP contribution < -0.4 is 10.6 Å². The molecule has 0 aliphatic carbocycles. The molecule has 0 saturated carbocycles. The summed E-state index contributed by atoms with van der Waals surface area (Å²) >= 11 is 0. The minimum absolute atomic E-state index is 0.202. The summed E-state index contributed by atoms with van der Waals surface area (Å²) in [6.07, 6.45) is 0. The van der Waals surface area contributed by atoms with Crippen molar-refractivity contribution in [3.05, 3.63) is 64.1 Å². The minimum Gasteiger partial charge on any atom is -0.465 e. The quantitative estimate of drug-likeness (QED) is 0.443. The molecule has 0 aliphatic rings. The van der Waals surface area contributed by atoms with E-state index in [4.69, 9.17) is 9.67 Å². The van der Waals surface area contributed by atoms with Crippen LogP contribution in [-0.2, 0) is 11.3 Å². The summed E-state index contributed by atoms with van der Waals surface area (Å²) in [6.45, 7) is 4.20. The maximum atomic E-state index is 12.0. The number of esters is 1. The van der Waals surface area contributed by atoms with Gasteiger partial charge >= 0.3 is 11.7 Å². The van der Waals surface area contributed by atoms with Gasteiger partial charge in [-0.05, 0) is 35.9 Å². The zero-order chi connectivity index (χ0) is 18.4. The molecule has 0 bridgehead atoms. The molecule has 3 rings (SSSR count). The molecule has 132 valence electrons. The van der Waals surface area contributed by atoms with Gasteiger partial charge < -0.3 is 14.0 Å². The Morgan fingerprint density at radius 1 is 1.20 bits per heavy atom. The number of carbonyl (C=O) groups is 1. The van der Waals surface area contributed by atoms with E-state index >= 15 is 0 Å². The topological polar surface area (TPSA) is 90.9 Å². The van der Waals surface area contributed by atoms with Gasteiger partial charge in [-0.15, -0.1) is 0 Å². The van der Waals surface area contributed by atoms with E-state index in [1.54, 1.807) is 36.4 Å². The summed E-state index contributed by atoms with van der Waals surface area (Å²) in [7, 11) is 1.29. The van der Waals surface area contributed by atoms with Gasteiger partial charge in [-0.25, -0.2) is 14.8 Å². The predicted molar refractivity (Wildman–Crippen MR) is 92.0 cm³/mol. The first-order chi connectivity index (χ1) is 12.1. The van der Waals surface area contributed by atoms with Gasteiger partial charge in [0.15, 0.2) is 11.3 Å². The van der Waals surface area contributed by atoms with Crippen molar-refractivity contribution in [2.45, 2.75) is 20.4 Å². The van der Waals surface area contributed by atoms with Crippen molar-refractivity contribution in [3.63, 3.8) is 0 Å². The molecule has 0 amide bonds. The number of methoxy groups -OCH3 is 1. The van der Waals surface area contributed by atoms with Crippen LogP contribution in [0.1, 0.15) is 29.8 Å². The molecule has 1 heterocycles. The second kappa shape index (κ2) is 8.16. The van der Waals surface area contributed by atoms with Gasteiger partial charge in [0.2, 0.25) is 0 Å². The Morgan fingerprint density at radius 3 is 2.64 bits per heavy atom. The van der Waals surface area contributed by atoms with Crippen molar-refractivity contribution in [1.29, 1.82) is 0 Å². The van der Waals surface area contributed by atoms with Crippen molar-refractivity contribution in [1.82, 2.24) is 4.57 Å². The maximum Gasteiger partial charge on any atom is 0.420 e. The van der Waals surface area contributed by atoms with Crippen molar-refractivity contribution in [2.24, 2.45) is 0 Å². The summed E-state index contributed by atoms with van der Waals surface area (Å²) in [6, 6.07) is 11.3. The molecule has 0 radical (unpaired) electrons. The lowest BCUT2D eigenvalue weighted by atomic mass is 10.2. The first kappa shape index (κ1) is 18.3. The Labute approximate surface area is 143 Å². The van der Waals surface area contributed by atoms with Crippen LogP contribution >= 0.6 is 0 Å². The highest BCUT2D eigenvalue weighted by Crippen LogP contribution is 2.19. The number of oxazole rings is 1. The Bertz CT molecular complexity index is 925. The van der Waals surface area contributed by atoms with Crippen LogP contribution in [0.4, 0.5) is 0 Å². The van der Waals surface area contributed by atoms with Gasteiger partial charge in [0.1, 0.15) is 0 Å². The maximum absolute atomic E-state index is 12.0. The molecule has 1 N–H and O–H groups in total. The molecule has 3 aromatic rings. The molecular formula is C18H19NO6. The van der Waals surface area contributed by atoms with Crippen LogP contribution in [0.25, 0.3) is 11.1 Å². The van der Waals surface area contributed by atoms with Crippen LogP contribution in [0.3, 0.4) is 0 Å². The Morgan fingerprint density at radius 2 is 1.96 bits per heavy atom. The fourth-order valence-corrected chi connectivity index (χ4v) is 2.34. The normalized spacial score (nSPS) is 10.1. The first-order valence-electron chi connectivity index (χ1n) is 7.74. The molecule has 0 spiro atoms. The zero-order valence-corrected chi connectivity index (χ0v) is 14.2. The van der Waals surface area contributed by atoms with Gasteiger partial charge in [-0.1, -0.05) is 26.0 Å². The predicted octanol–water partition coefficient (Wildman–Crippen LogP) is 3.31. The van der Waals surface area contributed by atoms with Gasteiger partial charge in [0, 0.05) is 0 Å². The van der Waals surface area contributed by atoms with Crippen LogP contribution in [-0.4, -0.2) is 22.9 Å². The van der Waals surface area contributed by atoms with Gasteiger partial charge in [0.05, 0.1) is 24.7 Å². The molecular weight excluding hydrogens is 326 g/mol. The summed E-state index contributed by atoms with van der Waals surface area (Å²) in [5.41, 5.74) is 1.90. The van der Waals surface area contributed by atoms with Gasteiger partial charge in [-0.2, -0.15) is 0 Å². The number of carbonyl (C=O) groups excluding carboxylic acids is 1. The second-order valence-corrected chi connectivity index (χ2v) is 4.87. The van der Waals surface area contributed by atoms with Crippen LogP contribution in [0.15, 0.2) is 51.7 Å². The molecule has 0 saturated heterocycles. The molecule has 7 heteroatoms. The van der Waals surface area contributed by atoms with E-state index in [2.05, 4.69) is 9.62 Å². The van der Waals surface area contributed by atoms with Crippen LogP contribution in [0.2, 0.25) is 0 Å². The van der Waals surface area contributed by atoms with Gasteiger partial charge in [0.25, 0.3) is 0 Å². The van der Waals surface area contributed by atoms with Crippen molar-refractivity contribution >= 4 is 17.1 Å². The third-order valence-electron chi connectivity index (χ3n) is 3.43. The molecule has 0 unspecified atom stereocenters. The fraction of sp³-hybridized carbons (Fsp3) is 0.222. The SMILES string of the molecule is CC.COC(=O)c1ccc2oc(=O)n(Cc3cccc(OO)c3)c2c1. The average Bonchev–Trinajstić information content (AvgIpc) is 2.97. The van der Waals surface area contributed by atoms with Crippen molar-refractivity contribution < 1.29 is 24.1 Å². The van der Waals surface area contributed by atoms with E-state index in [0.717, 1.165) is 5.56 Å². The number of hydrogen-bond acceptors (Lipinski definition) is 6. The monoisotopic (exact) mass is 345 g/mol. The van der Waals surface area contributed by atoms with E-state index < -0.39 is 11.7 Å². The van der Waals surface area contributed by atoms with Crippen molar-refractivity contribution in [3.8, 4) is 5.75 Å². The number of fused-ring (bicyclic) bond motifs is 1. The second-order valence-electron chi connectivity index (χ2n) is 4.87. The van der Waals surface area contributed by atoms with E-state index in [0.29, 0.717) is 16.7 Å². The fourth-order valence-electron chi connectivity index (χ4n) is 2.34. The summed E-state index contributed by atoms with van der Waals surface area (Å²) in [4.78, 5) is 27.9. The van der Waals surface area contributed by atoms with Crippen LogP contribution in [0.5, 0.6) is 5.75 Å². The highest BCUT2D eigenvalue weighted by molar-refractivity contribution is 5.93. The number of rotatable bonds is 4. The molecule has 0 aliphatic heterocycles. The lowest BCUT2D eigenvalue weighted by molar-refractivity contribution is -0.137. The van der Waals surface area contributed by atoms with E-state index in [1.165, 1.54) is 17.7 Å².